The molecule has 0 saturated heterocycles. The van der Waals surface area contributed by atoms with Gasteiger partial charge in [0.15, 0.2) is 0 Å². The second kappa shape index (κ2) is 7.89. The van der Waals surface area contributed by atoms with Crippen molar-refractivity contribution in [1.82, 2.24) is 15.2 Å². The van der Waals surface area contributed by atoms with Gasteiger partial charge in [0.1, 0.15) is 5.82 Å². The molecule has 0 bridgehead atoms. The molecular formula is C16H18ClFN4O. The molecule has 2 aromatic rings. The van der Waals surface area contributed by atoms with Gasteiger partial charge < -0.3 is 15.5 Å². The first-order chi connectivity index (χ1) is 11.0. The highest BCUT2D eigenvalue weighted by Crippen LogP contribution is 2.22. The van der Waals surface area contributed by atoms with Crippen molar-refractivity contribution in [1.29, 1.82) is 0 Å². The smallest absolute Gasteiger partial charge is 0.252 e. The summed E-state index contributed by atoms with van der Waals surface area (Å²) >= 11 is 5.75. The SMILES string of the molecule is CN(C)CCNC(=O)c1cncc(Nc2ccc(F)c(Cl)c2)c1. The molecule has 0 aliphatic heterocycles. The van der Waals surface area contributed by atoms with Crippen molar-refractivity contribution in [2.24, 2.45) is 0 Å². The molecule has 1 aromatic carbocycles. The fourth-order valence-corrected chi connectivity index (χ4v) is 2.05. The van der Waals surface area contributed by atoms with Crippen molar-refractivity contribution in [2.75, 3.05) is 32.5 Å². The van der Waals surface area contributed by atoms with Crippen LogP contribution in [0.15, 0.2) is 36.7 Å². The summed E-state index contributed by atoms with van der Waals surface area (Å²) in [6.45, 7) is 1.31. The Hall–Kier alpha value is -2.18. The van der Waals surface area contributed by atoms with E-state index in [1.54, 1.807) is 18.3 Å². The van der Waals surface area contributed by atoms with Crippen LogP contribution < -0.4 is 10.6 Å². The Balaban J connectivity index is 2.04. The van der Waals surface area contributed by atoms with Crippen molar-refractivity contribution in [3.05, 3.63) is 53.1 Å². The van der Waals surface area contributed by atoms with Crippen LogP contribution in [-0.2, 0) is 0 Å². The summed E-state index contributed by atoms with van der Waals surface area (Å²) in [5.74, 6) is -0.676. The number of hydrogen-bond acceptors (Lipinski definition) is 4. The van der Waals surface area contributed by atoms with Crippen LogP contribution in [0.2, 0.25) is 5.02 Å². The zero-order valence-corrected chi connectivity index (χ0v) is 13.7. The molecule has 0 aliphatic carbocycles. The van der Waals surface area contributed by atoms with Gasteiger partial charge in [-0.1, -0.05) is 11.6 Å². The third-order valence-corrected chi connectivity index (χ3v) is 3.34. The molecule has 2 rings (SSSR count). The minimum atomic E-state index is -0.482. The number of hydrogen-bond donors (Lipinski definition) is 2. The topological polar surface area (TPSA) is 57.3 Å². The summed E-state index contributed by atoms with van der Waals surface area (Å²) in [6, 6.07) is 5.98. The number of nitrogens with one attached hydrogen (secondary N) is 2. The standard InChI is InChI=1S/C16H18ClFN4O/c1-22(2)6-5-20-16(23)11-7-13(10-19-9-11)21-12-3-4-15(18)14(17)8-12/h3-4,7-10,21H,5-6H2,1-2H3,(H,20,23). The summed E-state index contributed by atoms with van der Waals surface area (Å²) < 4.78 is 13.2. The zero-order chi connectivity index (χ0) is 16.8. The van der Waals surface area contributed by atoms with Gasteiger partial charge in [0, 0.05) is 25.0 Å². The third-order valence-electron chi connectivity index (χ3n) is 3.05. The van der Waals surface area contributed by atoms with Gasteiger partial charge in [-0.05, 0) is 38.4 Å². The van der Waals surface area contributed by atoms with E-state index in [4.69, 9.17) is 11.6 Å². The molecule has 0 fully saturated rings. The first-order valence-electron chi connectivity index (χ1n) is 7.06. The Morgan fingerprint density at radius 1 is 1.26 bits per heavy atom. The van der Waals surface area contributed by atoms with Crippen LogP contribution >= 0.6 is 11.6 Å². The maximum absolute atomic E-state index is 13.2. The van der Waals surface area contributed by atoms with Crippen LogP contribution in [0.5, 0.6) is 0 Å². The second-order valence-corrected chi connectivity index (χ2v) is 5.68. The summed E-state index contributed by atoms with van der Waals surface area (Å²) in [5.41, 5.74) is 1.68. The highest BCUT2D eigenvalue weighted by Gasteiger charge is 2.07. The van der Waals surface area contributed by atoms with Crippen LogP contribution in [0.25, 0.3) is 0 Å². The lowest BCUT2D eigenvalue weighted by Gasteiger charge is -2.11. The number of likely N-dealkylation sites (N-methyl/N-ethyl adjacent to an activating group) is 1. The monoisotopic (exact) mass is 336 g/mol. The number of benzene rings is 1. The highest BCUT2D eigenvalue weighted by atomic mass is 35.5. The number of rotatable bonds is 6. The van der Waals surface area contributed by atoms with Crippen molar-refractivity contribution in [3.8, 4) is 0 Å². The van der Waals surface area contributed by atoms with Gasteiger partial charge in [-0.25, -0.2) is 4.39 Å². The minimum Gasteiger partial charge on any atom is -0.354 e. The molecule has 5 nitrogen and oxygen atoms in total. The Labute approximate surface area is 139 Å². The van der Waals surface area contributed by atoms with E-state index >= 15 is 0 Å². The van der Waals surface area contributed by atoms with Gasteiger partial charge in [0.2, 0.25) is 0 Å². The molecule has 0 unspecified atom stereocenters. The summed E-state index contributed by atoms with van der Waals surface area (Å²) in [5, 5.41) is 5.89. The summed E-state index contributed by atoms with van der Waals surface area (Å²) in [4.78, 5) is 18.1. The number of nitrogens with zero attached hydrogens (tertiary/aromatic N) is 2. The van der Waals surface area contributed by atoms with Crippen molar-refractivity contribution >= 4 is 28.9 Å². The van der Waals surface area contributed by atoms with Crippen molar-refractivity contribution < 1.29 is 9.18 Å². The normalized spacial score (nSPS) is 10.7. The second-order valence-electron chi connectivity index (χ2n) is 5.28. The molecule has 1 amide bonds. The van der Waals surface area contributed by atoms with E-state index in [0.29, 0.717) is 23.5 Å². The van der Waals surface area contributed by atoms with Gasteiger partial charge in [-0.3, -0.25) is 9.78 Å². The molecule has 0 spiro atoms. The molecule has 7 heteroatoms. The van der Waals surface area contributed by atoms with Crippen LogP contribution in [0.4, 0.5) is 15.8 Å². The zero-order valence-electron chi connectivity index (χ0n) is 12.9. The van der Waals surface area contributed by atoms with E-state index in [9.17, 15) is 9.18 Å². The molecular weight excluding hydrogens is 319 g/mol. The predicted molar refractivity (Wildman–Crippen MR) is 89.8 cm³/mol. The number of amides is 1. The van der Waals surface area contributed by atoms with Crippen LogP contribution in [0, 0.1) is 5.82 Å². The largest absolute Gasteiger partial charge is 0.354 e. The number of anilines is 2. The first kappa shape index (κ1) is 17.2. The van der Waals surface area contributed by atoms with Gasteiger partial charge in [0.05, 0.1) is 22.5 Å². The van der Waals surface area contributed by atoms with E-state index in [1.165, 1.54) is 18.3 Å². The average molecular weight is 337 g/mol. The van der Waals surface area contributed by atoms with Gasteiger partial charge in [0.25, 0.3) is 5.91 Å². The van der Waals surface area contributed by atoms with E-state index < -0.39 is 5.82 Å². The van der Waals surface area contributed by atoms with Gasteiger partial charge >= 0.3 is 0 Å². The van der Waals surface area contributed by atoms with E-state index in [0.717, 1.165) is 6.54 Å². The lowest BCUT2D eigenvalue weighted by Crippen LogP contribution is -2.31. The van der Waals surface area contributed by atoms with E-state index in [2.05, 4.69) is 15.6 Å². The van der Waals surface area contributed by atoms with Gasteiger partial charge in [-0.15, -0.1) is 0 Å². The Bertz CT molecular complexity index is 694. The quantitative estimate of drug-likeness (QED) is 0.851. The number of aromatic nitrogens is 1. The van der Waals surface area contributed by atoms with E-state index in [1.807, 2.05) is 19.0 Å². The highest BCUT2D eigenvalue weighted by molar-refractivity contribution is 6.31. The number of halogens is 2. The summed E-state index contributed by atoms with van der Waals surface area (Å²) in [7, 11) is 3.87. The van der Waals surface area contributed by atoms with Crippen LogP contribution in [-0.4, -0.2) is 43.0 Å². The summed E-state index contributed by atoms with van der Waals surface area (Å²) in [6.07, 6.45) is 3.07. The number of carbonyl (C=O) groups is 1. The predicted octanol–water partition coefficient (Wildman–Crippen LogP) is 2.91. The third kappa shape index (κ3) is 5.19. The number of carbonyl (C=O) groups excluding carboxylic acids is 1. The molecule has 1 aromatic heterocycles. The van der Waals surface area contributed by atoms with Crippen LogP contribution in [0.3, 0.4) is 0 Å². The minimum absolute atomic E-state index is 0.0283. The Morgan fingerprint density at radius 2 is 2.04 bits per heavy atom. The fraction of sp³-hybridized carbons (Fsp3) is 0.250. The maximum atomic E-state index is 13.2. The fourth-order valence-electron chi connectivity index (χ4n) is 1.87. The molecule has 23 heavy (non-hydrogen) atoms. The number of pyridine rings is 1. The first-order valence-corrected chi connectivity index (χ1v) is 7.43. The van der Waals surface area contributed by atoms with Crippen molar-refractivity contribution in [2.45, 2.75) is 0 Å². The molecule has 1 heterocycles. The Kier molecular flexibility index (Phi) is 5.90. The lowest BCUT2D eigenvalue weighted by atomic mass is 10.2. The van der Waals surface area contributed by atoms with E-state index in [-0.39, 0.29) is 10.9 Å². The molecule has 122 valence electrons. The van der Waals surface area contributed by atoms with Crippen LogP contribution in [0.1, 0.15) is 10.4 Å². The van der Waals surface area contributed by atoms with Gasteiger partial charge in [-0.2, -0.15) is 0 Å². The average Bonchev–Trinajstić information content (AvgIpc) is 2.51. The molecule has 0 radical (unpaired) electrons. The molecule has 2 N–H and O–H groups in total. The van der Waals surface area contributed by atoms with Crippen molar-refractivity contribution in [3.63, 3.8) is 0 Å². The Morgan fingerprint density at radius 3 is 2.74 bits per heavy atom. The molecule has 0 atom stereocenters. The maximum Gasteiger partial charge on any atom is 0.252 e. The lowest BCUT2D eigenvalue weighted by molar-refractivity contribution is 0.0950. The molecule has 0 saturated carbocycles. The molecule has 0 aliphatic rings.